The molecule has 0 amide bonds. The molecule has 0 aliphatic carbocycles. The van der Waals surface area contributed by atoms with Gasteiger partial charge in [0.2, 0.25) is 0 Å². The first-order valence-electron chi connectivity index (χ1n) is 7.79. The van der Waals surface area contributed by atoms with Crippen LogP contribution in [0.3, 0.4) is 0 Å². The Balaban J connectivity index is 1.74. The topological polar surface area (TPSA) is 18.5 Å². The van der Waals surface area contributed by atoms with Crippen molar-refractivity contribution in [1.29, 1.82) is 0 Å². The predicted octanol–water partition coefficient (Wildman–Crippen LogP) is 4.83. The molecular formula is C22H18O2. The standard InChI is InChI=1S/C22H18O2/c1-2-18-13-14-21(23-16-19-9-5-3-6-10-19)22(15-18)24-17-20-11-7-4-8-12-20/h1,3-15H,16-17H2. The molecule has 3 rings (SSSR count). The average Bonchev–Trinajstić information content (AvgIpc) is 2.66. The monoisotopic (exact) mass is 314 g/mol. The second-order valence-electron chi connectivity index (χ2n) is 5.35. The van der Waals surface area contributed by atoms with Gasteiger partial charge in [-0.1, -0.05) is 66.6 Å². The van der Waals surface area contributed by atoms with E-state index in [0.29, 0.717) is 24.7 Å². The van der Waals surface area contributed by atoms with E-state index in [9.17, 15) is 0 Å². The molecule has 118 valence electrons. The zero-order valence-electron chi connectivity index (χ0n) is 13.3. The molecule has 3 aromatic carbocycles. The van der Waals surface area contributed by atoms with Crippen LogP contribution in [0.25, 0.3) is 0 Å². The summed E-state index contributed by atoms with van der Waals surface area (Å²) in [6.07, 6.45) is 5.49. The van der Waals surface area contributed by atoms with E-state index in [2.05, 4.69) is 5.92 Å². The summed E-state index contributed by atoms with van der Waals surface area (Å²) in [6, 6.07) is 25.6. The van der Waals surface area contributed by atoms with E-state index in [1.165, 1.54) is 0 Å². The van der Waals surface area contributed by atoms with Gasteiger partial charge in [0.1, 0.15) is 13.2 Å². The summed E-state index contributed by atoms with van der Waals surface area (Å²) in [5, 5.41) is 0. The van der Waals surface area contributed by atoms with Gasteiger partial charge in [-0.3, -0.25) is 0 Å². The highest BCUT2D eigenvalue weighted by Crippen LogP contribution is 2.29. The number of ether oxygens (including phenoxy) is 2. The van der Waals surface area contributed by atoms with Crippen LogP contribution in [0.5, 0.6) is 11.5 Å². The van der Waals surface area contributed by atoms with Crippen molar-refractivity contribution >= 4 is 0 Å². The molecule has 0 bridgehead atoms. The molecule has 0 heterocycles. The summed E-state index contributed by atoms with van der Waals surface area (Å²) in [7, 11) is 0. The van der Waals surface area contributed by atoms with Gasteiger partial charge in [-0.2, -0.15) is 0 Å². The van der Waals surface area contributed by atoms with Gasteiger partial charge in [0.05, 0.1) is 0 Å². The molecule has 0 aromatic heterocycles. The highest BCUT2D eigenvalue weighted by atomic mass is 16.5. The molecule has 0 unspecified atom stereocenters. The lowest BCUT2D eigenvalue weighted by Gasteiger charge is -2.13. The van der Waals surface area contributed by atoms with Crippen molar-refractivity contribution in [2.75, 3.05) is 0 Å². The predicted molar refractivity (Wildman–Crippen MR) is 95.9 cm³/mol. The second-order valence-corrected chi connectivity index (χ2v) is 5.35. The van der Waals surface area contributed by atoms with Gasteiger partial charge < -0.3 is 9.47 Å². The van der Waals surface area contributed by atoms with Crippen LogP contribution >= 0.6 is 0 Å². The third kappa shape index (κ3) is 4.18. The smallest absolute Gasteiger partial charge is 0.162 e. The van der Waals surface area contributed by atoms with E-state index < -0.39 is 0 Å². The van der Waals surface area contributed by atoms with Crippen molar-refractivity contribution in [2.45, 2.75) is 13.2 Å². The number of terminal acetylenes is 1. The molecule has 0 aliphatic heterocycles. The van der Waals surface area contributed by atoms with Crippen LogP contribution in [0.15, 0.2) is 78.9 Å². The Kier molecular flexibility index (Phi) is 5.17. The summed E-state index contributed by atoms with van der Waals surface area (Å²) in [6.45, 7) is 0.953. The van der Waals surface area contributed by atoms with Crippen molar-refractivity contribution < 1.29 is 9.47 Å². The number of rotatable bonds is 6. The number of benzene rings is 3. The lowest BCUT2D eigenvalue weighted by Crippen LogP contribution is -2.01. The third-order valence-electron chi connectivity index (χ3n) is 3.58. The first-order valence-corrected chi connectivity index (χ1v) is 7.79. The van der Waals surface area contributed by atoms with Gasteiger partial charge >= 0.3 is 0 Å². The Morgan fingerprint density at radius 3 is 1.75 bits per heavy atom. The summed E-state index contributed by atoms with van der Waals surface area (Å²) in [5.74, 6) is 3.98. The summed E-state index contributed by atoms with van der Waals surface area (Å²) < 4.78 is 11.9. The molecule has 0 spiro atoms. The Morgan fingerprint density at radius 1 is 0.667 bits per heavy atom. The Bertz CT molecular complexity index is 818. The third-order valence-corrected chi connectivity index (χ3v) is 3.58. The van der Waals surface area contributed by atoms with E-state index in [-0.39, 0.29) is 0 Å². The van der Waals surface area contributed by atoms with Gasteiger partial charge in [-0.25, -0.2) is 0 Å². The molecule has 2 nitrogen and oxygen atoms in total. The summed E-state index contributed by atoms with van der Waals surface area (Å²) in [4.78, 5) is 0. The van der Waals surface area contributed by atoms with Crippen LogP contribution in [0, 0.1) is 12.3 Å². The molecule has 0 aliphatic rings. The Morgan fingerprint density at radius 2 is 1.21 bits per heavy atom. The zero-order chi connectivity index (χ0) is 16.6. The molecule has 2 heteroatoms. The van der Waals surface area contributed by atoms with Crippen LogP contribution in [-0.2, 0) is 13.2 Å². The minimum absolute atomic E-state index is 0.469. The largest absolute Gasteiger partial charge is 0.485 e. The summed E-state index contributed by atoms with van der Waals surface area (Å²) in [5.41, 5.74) is 2.97. The first-order chi connectivity index (χ1) is 11.8. The van der Waals surface area contributed by atoms with Gasteiger partial charge in [-0.15, -0.1) is 6.42 Å². The fourth-order valence-corrected chi connectivity index (χ4v) is 2.30. The zero-order valence-corrected chi connectivity index (χ0v) is 13.3. The highest BCUT2D eigenvalue weighted by Gasteiger charge is 2.07. The molecule has 0 N–H and O–H groups in total. The van der Waals surface area contributed by atoms with E-state index in [1.807, 2.05) is 78.9 Å². The van der Waals surface area contributed by atoms with Crippen LogP contribution < -0.4 is 9.47 Å². The van der Waals surface area contributed by atoms with Gasteiger partial charge in [0.15, 0.2) is 11.5 Å². The second kappa shape index (κ2) is 7.89. The van der Waals surface area contributed by atoms with E-state index in [4.69, 9.17) is 15.9 Å². The van der Waals surface area contributed by atoms with E-state index in [1.54, 1.807) is 0 Å². The van der Waals surface area contributed by atoms with Crippen LogP contribution in [0.2, 0.25) is 0 Å². The molecule has 0 radical (unpaired) electrons. The van der Waals surface area contributed by atoms with Crippen LogP contribution in [0.4, 0.5) is 0 Å². The number of hydrogen-bond acceptors (Lipinski definition) is 2. The van der Waals surface area contributed by atoms with Crippen molar-refractivity contribution in [1.82, 2.24) is 0 Å². The molecule has 0 saturated carbocycles. The highest BCUT2D eigenvalue weighted by molar-refractivity contribution is 5.48. The van der Waals surface area contributed by atoms with Gasteiger partial charge in [0, 0.05) is 5.56 Å². The molecule has 3 aromatic rings. The van der Waals surface area contributed by atoms with Crippen molar-refractivity contribution in [3.05, 3.63) is 95.6 Å². The first kappa shape index (κ1) is 15.7. The normalized spacial score (nSPS) is 9.96. The minimum Gasteiger partial charge on any atom is -0.485 e. The molecular weight excluding hydrogens is 296 g/mol. The average molecular weight is 314 g/mol. The maximum Gasteiger partial charge on any atom is 0.162 e. The molecule has 24 heavy (non-hydrogen) atoms. The fraction of sp³-hybridized carbons (Fsp3) is 0.0909. The maximum atomic E-state index is 5.93. The lowest BCUT2D eigenvalue weighted by molar-refractivity contribution is 0.256. The van der Waals surface area contributed by atoms with Crippen molar-refractivity contribution in [3.63, 3.8) is 0 Å². The fourth-order valence-electron chi connectivity index (χ4n) is 2.30. The van der Waals surface area contributed by atoms with Crippen LogP contribution in [-0.4, -0.2) is 0 Å². The SMILES string of the molecule is C#Cc1ccc(OCc2ccccc2)c(OCc2ccccc2)c1. The Labute approximate surface area is 142 Å². The lowest BCUT2D eigenvalue weighted by atomic mass is 10.2. The molecule has 0 saturated heterocycles. The van der Waals surface area contributed by atoms with Crippen molar-refractivity contribution in [2.24, 2.45) is 0 Å². The van der Waals surface area contributed by atoms with E-state index >= 15 is 0 Å². The van der Waals surface area contributed by atoms with Crippen LogP contribution in [0.1, 0.15) is 16.7 Å². The maximum absolute atomic E-state index is 5.93. The minimum atomic E-state index is 0.469. The number of hydrogen-bond donors (Lipinski definition) is 0. The van der Waals surface area contributed by atoms with E-state index in [0.717, 1.165) is 16.7 Å². The van der Waals surface area contributed by atoms with Crippen molar-refractivity contribution in [3.8, 4) is 23.8 Å². The quantitative estimate of drug-likeness (QED) is 0.607. The molecule has 0 fully saturated rings. The summed E-state index contributed by atoms with van der Waals surface area (Å²) >= 11 is 0. The molecule has 0 atom stereocenters. The van der Waals surface area contributed by atoms with Gasteiger partial charge in [-0.05, 0) is 29.3 Å². The Hall–Kier alpha value is -3.18. The van der Waals surface area contributed by atoms with Gasteiger partial charge in [0.25, 0.3) is 0 Å².